The van der Waals surface area contributed by atoms with Crippen LogP contribution in [0, 0.1) is 50.2 Å². The summed E-state index contributed by atoms with van der Waals surface area (Å²) < 4.78 is 55.0. The predicted octanol–water partition coefficient (Wildman–Crippen LogP) is -1.37. The number of fused-ring (bicyclic) bond motifs is 7. The molecule has 0 aromatic rings. The molecule has 8 fully saturated rings. The average Bonchev–Trinajstić information content (AvgIpc) is 0.747. The molecule has 1 unspecified atom stereocenters. The zero-order valence-corrected chi connectivity index (χ0v) is 48.8. The zero-order valence-electron chi connectivity index (χ0n) is 48.8. The minimum Gasteiger partial charge on any atom is -0.479 e. The van der Waals surface area contributed by atoms with Crippen LogP contribution in [0.25, 0.3) is 0 Å². The largest absolute Gasteiger partial charge is 0.479 e. The maximum absolute atomic E-state index is 13.4. The standard InChI is InChI=1S/C58H92O25/c1-10-24(2)48(74)78-34-19-53(3,4)17-26-25-11-12-31-55(7)15-14-33(54(5,6)30(55)13-16-56(31,8)57(25,9)18-32(63)58(26,34)23-61)79-52-46(83-50-41(70)39(68)37(66)29(21-60)77-50)43(42(71)44(81-52)47(72)73)80-51-45(35(64)27(62)22-75-51)82-49-40(69)38(67)36(65)28(20-59)76-49/h10-11,26-46,49-52,59-71H,12-23H2,1-9H3,(H,72,73)/b24-10-/t26-,27-,28+,29+,30?,31+,32+,33-,34-,35-,36+,37-,38-,39-,40+,41+,42-,43-,44-,45+,46+,49-,50-,51-,52+,55-,56+,57+,58-/m0/s1. The highest BCUT2D eigenvalue weighted by atomic mass is 16.8. The number of carbonyl (C=O) groups is 2. The van der Waals surface area contributed by atoms with Crippen molar-refractivity contribution in [1.29, 1.82) is 0 Å². The number of carboxylic acids is 1. The van der Waals surface area contributed by atoms with Crippen molar-refractivity contribution < 1.29 is 124 Å². The fraction of sp³-hybridized carbons (Fsp3) is 0.897. The Morgan fingerprint density at radius 1 is 0.639 bits per heavy atom. The second-order valence-electron chi connectivity index (χ2n) is 27.5. The third-order valence-electron chi connectivity index (χ3n) is 22.1. The van der Waals surface area contributed by atoms with Crippen LogP contribution in [0.3, 0.4) is 0 Å². The summed E-state index contributed by atoms with van der Waals surface area (Å²) in [6, 6.07) is 0. The maximum atomic E-state index is 13.4. The number of carboxylic acid groups (broad SMARTS) is 1. The van der Waals surface area contributed by atoms with Crippen LogP contribution in [0.15, 0.2) is 23.3 Å². The molecule has 0 bridgehead atoms. The summed E-state index contributed by atoms with van der Waals surface area (Å²) in [7, 11) is 0. The molecular formula is C58H92O25. The predicted molar refractivity (Wildman–Crippen MR) is 283 cm³/mol. The van der Waals surface area contributed by atoms with Gasteiger partial charge in [-0.2, -0.15) is 0 Å². The second kappa shape index (κ2) is 23.8. The summed E-state index contributed by atoms with van der Waals surface area (Å²) in [6.45, 7) is 15.9. The van der Waals surface area contributed by atoms with Crippen LogP contribution in [0.4, 0.5) is 0 Å². The van der Waals surface area contributed by atoms with Crippen LogP contribution in [-0.2, 0) is 52.2 Å². The molecular weight excluding hydrogens is 1100 g/mol. The normalized spacial score (nSPS) is 51.5. The van der Waals surface area contributed by atoms with Gasteiger partial charge in [-0.05, 0) is 110 Å². The molecule has 25 nitrogen and oxygen atoms in total. The monoisotopic (exact) mass is 1190 g/mol. The van der Waals surface area contributed by atoms with Crippen molar-refractivity contribution >= 4 is 11.9 Å². The number of carbonyl (C=O) groups excluding carboxylic acids is 1. The number of hydrogen-bond donors (Lipinski definition) is 14. The summed E-state index contributed by atoms with van der Waals surface area (Å²) in [5, 5.41) is 154. The average molecular weight is 1190 g/mol. The Bertz CT molecular complexity index is 2380. The molecule has 0 aromatic carbocycles. The molecule has 29 atom stereocenters. The van der Waals surface area contributed by atoms with E-state index in [9.17, 15) is 81.1 Å². The van der Waals surface area contributed by atoms with Crippen molar-refractivity contribution in [2.24, 2.45) is 50.2 Å². The number of ether oxygens (including phenoxy) is 9. The van der Waals surface area contributed by atoms with Crippen LogP contribution in [0.5, 0.6) is 0 Å². The first-order valence-corrected chi connectivity index (χ1v) is 29.4. The lowest BCUT2D eigenvalue weighted by Crippen LogP contribution is -2.70. The van der Waals surface area contributed by atoms with E-state index in [4.69, 9.17) is 42.6 Å². The number of aliphatic carboxylic acids is 1. The molecule has 4 saturated carbocycles. The second-order valence-corrected chi connectivity index (χ2v) is 27.5. The van der Waals surface area contributed by atoms with E-state index < -0.39 is 183 Å². The van der Waals surface area contributed by atoms with Crippen molar-refractivity contribution in [2.75, 3.05) is 26.4 Å². The summed E-state index contributed by atoms with van der Waals surface area (Å²) in [5.74, 6) is -2.49. The first-order chi connectivity index (χ1) is 38.8. The number of rotatable bonds is 14. The van der Waals surface area contributed by atoms with Gasteiger partial charge in [0, 0.05) is 5.57 Å². The highest BCUT2D eigenvalue weighted by Crippen LogP contribution is 2.76. The Morgan fingerprint density at radius 3 is 1.80 bits per heavy atom. The number of allylic oxidation sites excluding steroid dienone is 3. The van der Waals surface area contributed by atoms with Crippen molar-refractivity contribution in [2.45, 2.75) is 249 Å². The van der Waals surface area contributed by atoms with Crippen molar-refractivity contribution in [3.63, 3.8) is 0 Å². The minimum absolute atomic E-state index is 0.0548. The van der Waals surface area contributed by atoms with Gasteiger partial charge in [-0.15, -0.1) is 0 Å². The zero-order chi connectivity index (χ0) is 61.0. The first kappa shape index (κ1) is 65.0. The molecule has 25 heteroatoms. The van der Waals surface area contributed by atoms with Gasteiger partial charge in [-0.25, -0.2) is 9.59 Å². The molecule has 474 valence electrons. The molecule has 0 radical (unpaired) electrons. The Hall–Kier alpha value is -2.42. The van der Waals surface area contributed by atoms with Gasteiger partial charge in [-0.1, -0.05) is 66.2 Å². The van der Waals surface area contributed by atoms with E-state index >= 15 is 0 Å². The lowest BCUT2D eigenvalue weighted by atomic mass is 9.33. The van der Waals surface area contributed by atoms with E-state index in [0.717, 1.165) is 6.42 Å². The topological polar surface area (TPSA) is 400 Å². The number of esters is 1. The smallest absolute Gasteiger partial charge is 0.335 e. The molecule has 4 saturated heterocycles. The van der Waals surface area contributed by atoms with Crippen LogP contribution >= 0.6 is 0 Å². The van der Waals surface area contributed by atoms with E-state index in [1.54, 1.807) is 19.9 Å². The molecule has 14 N–H and O–H groups in total. The van der Waals surface area contributed by atoms with Gasteiger partial charge in [0.25, 0.3) is 0 Å². The van der Waals surface area contributed by atoms with Crippen molar-refractivity contribution in [3.8, 4) is 0 Å². The molecule has 9 rings (SSSR count). The Balaban J connectivity index is 1.03. The van der Waals surface area contributed by atoms with Gasteiger partial charge in [0.1, 0.15) is 91.6 Å². The highest BCUT2D eigenvalue weighted by Gasteiger charge is 2.72. The molecule has 83 heavy (non-hydrogen) atoms. The van der Waals surface area contributed by atoms with Crippen LogP contribution in [0.2, 0.25) is 0 Å². The van der Waals surface area contributed by atoms with Gasteiger partial charge in [-0.3, -0.25) is 0 Å². The Labute approximate surface area is 483 Å². The molecule has 4 heterocycles. The van der Waals surface area contributed by atoms with Crippen LogP contribution in [0.1, 0.15) is 114 Å². The third-order valence-corrected chi connectivity index (χ3v) is 22.1. The van der Waals surface area contributed by atoms with E-state index in [1.165, 1.54) is 5.57 Å². The summed E-state index contributed by atoms with van der Waals surface area (Å²) in [4.78, 5) is 26.6. The lowest BCUT2D eigenvalue weighted by molar-refractivity contribution is -0.401. The SMILES string of the molecule is C/C=C(/C)C(=O)O[C@H]1CC(C)(C)C[C@H]2C3=CC[C@@H]4[C@@]5(C)CC[C@H](O[C@@H]6O[C@H](C(=O)O)[C@@H](O)[C@H](O[C@@H]7OC[C@H](O)[C@H](O)[C@H]7O[C@@H]7O[C@H](CO)[C@@H](O)[C@H](O)[C@H]7O)[C@H]6O[C@@H]6O[C@H](CO)[C@H](O)[C@H](O)[C@H]6O)C(C)(C)C5CC[C@@]4(C)[C@]3(C)C[C@@H](O)[C@@]12CO. The molecule has 9 aliphatic rings. The van der Waals surface area contributed by atoms with E-state index in [0.29, 0.717) is 50.5 Å². The van der Waals surface area contributed by atoms with Crippen molar-refractivity contribution in [3.05, 3.63) is 23.3 Å². The number of aliphatic hydroxyl groups excluding tert-OH is 13. The highest BCUT2D eigenvalue weighted by molar-refractivity contribution is 5.87. The lowest BCUT2D eigenvalue weighted by Gasteiger charge is -2.72. The number of hydrogen-bond acceptors (Lipinski definition) is 24. The summed E-state index contributed by atoms with van der Waals surface area (Å²) in [6.07, 6.45) is -30.1. The Kier molecular flexibility index (Phi) is 18.7. The van der Waals surface area contributed by atoms with Crippen LogP contribution < -0.4 is 0 Å². The van der Waals surface area contributed by atoms with Crippen LogP contribution in [-0.4, -0.2) is 245 Å². The van der Waals surface area contributed by atoms with E-state index in [2.05, 4.69) is 40.7 Å². The molecule has 0 spiro atoms. The summed E-state index contributed by atoms with van der Waals surface area (Å²) >= 11 is 0. The fourth-order valence-electron chi connectivity index (χ4n) is 17.1. The van der Waals surface area contributed by atoms with Crippen molar-refractivity contribution in [1.82, 2.24) is 0 Å². The molecule has 4 aliphatic heterocycles. The minimum atomic E-state index is -2.23. The van der Waals surface area contributed by atoms with Gasteiger partial charge >= 0.3 is 11.9 Å². The number of aliphatic hydroxyl groups is 13. The molecule has 0 amide bonds. The Morgan fingerprint density at radius 2 is 1.23 bits per heavy atom. The maximum Gasteiger partial charge on any atom is 0.335 e. The quantitative estimate of drug-likeness (QED) is 0.0413. The van der Waals surface area contributed by atoms with E-state index in [1.807, 2.05) is 13.8 Å². The molecule has 5 aliphatic carbocycles. The molecule has 0 aromatic heterocycles. The van der Waals surface area contributed by atoms with E-state index in [-0.39, 0.29) is 40.6 Å². The summed E-state index contributed by atoms with van der Waals surface area (Å²) in [5.41, 5.74) is -1.89. The van der Waals surface area contributed by atoms with Gasteiger partial charge < -0.3 is 114 Å². The third kappa shape index (κ3) is 10.8. The van der Waals surface area contributed by atoms with Gasteiger partial charge in [0.05, 0.1) is 44.1 Å². The fourth-order valence-corrected chi connectivity index (χ4v) is 17.1. The van der Waals surface area contributed by atoms with Gasteiger partial charge in [0.15, 0.2) is 31.3 Å². The first-order valence-electron chi connectivity index (χ1n) is 29.4. The van der Waals surface area contributed by atoms with Gasteiger partial charge in [0.2, 0.25) is 0 Å².